The van der Waals surface area contributed by atoms with E-state index in [-0.39, 0.29) is 30.5 Å². The van der Waals surface area contributed by atoms with Crippen LogP contribution in [0.2, 0.25) is 0 Å². The van der Waals surface area contributed by atoms with E-state index in [0.29, 0.717) is 6.54 Å². The van der Waals surface area contributed by atoms with Crippen LogP contribution in [0.5, 0.6) is 0 Å². The molecule has 0 spiro atoms. The summed E-state index contributed by atoms with van der Waals surface area (Å²) in [6.07, 6.45) is -1.31. The monoisotopic (exact) mass is 414 g/mol. The summed E-state index contributed by atoms with van der Waals surface area (Å²) < 4.78 is 27.8. The summed E-state index contributed by atoms with van der Waals surface area (Å²) in [5.41, 5.74) is 0.325. The molecule has 6 nitrogen and oxygen atoms in total. The number of nitrogens with one attached hydrogen (secondary N) is 2. The van der Waals surface area contributed by atoms with Crippen LogP contribution >= 0.6 is 0 Å². The van der Waals surface area contributed by atoms with Crippen LogP contribution in [0.1, 0.15) is 31.5 Å². The van der Waals surface area contributed by atoms with Crippen molar-refractivity contribution in [2.45, 2.75) is 33.2 Å². The third kappa shape index (κ3) is 5.40. The number of carbonyl (C=O) groups excluding carboxylic acids is 2. The zero-order chi connectivity index (χ0) is 21.7. The van der Waals surface area contributed by atoms with Crippen molar-refractivity contribution >= 4 is 28.3 Å². The Balaban J connectivity index is 1.59. The topological polar surface area (TPSA) is 76.0 Å². The van der Waals surface area contributed by atoms with Crippen molar-refractivity contribution < 1.29 is 18.4 Å². The van der Waals surface area contributed by atoms with Gasteiger partial charge in [0.25, 0.3) is 6.43 Å². The highest BCUT2D eigenvalue weighted by Crippen LogP contribution is 2.25. The van der Waals surface area contributed by atoms with Gasteiger partial charge in [-0.1, -0.05) is 56.3 Å². The number of benzene rings is 2. The zero-order valence-electron chi connectivity index (χ0n) is 16.9. The van der Waals surface area contributed by atoms with Crippen LogP contribution in [0.25, 0.3) is 10.8 Å². The van der Waals surface area contributed by atoms with Crippen molar-refractivity contribution in [3.8, 4) is 0 Å². The number of carbonyl (C=O) groups is 2. The van der Waals surface area contributed by atoms with Gasteiger partial charge in [-0.25, -0.2) is 8.78 Å². The van der Waals surface area contributed by atoms with Crippen LogP contribution in [0, 0.1) is 5.92 Å². The first-order valence-electron chi connectivity index (χ1n) is 9.72. The molecule has 0 aliphatic rings. The summed E-state index contributed by atoms with van der Waals surface area (Å²) in [6, 6.07) is 13.4. The number of hydrogen-bond donors (Lipinski definition) is 2. The van der Waals surface area contributed by atoms with Gasteiger partial charge in [-0.15, -0.1) is 0 Å². The molecular weight excluding hydrogens is 390 g/mol. The van der Waals surface area contributed by atoms with Gasteiger partial charge in [0, 0.05) is 12.7 Å². The van der Waals surface area contributed by atoms with Crippen molar-refractivity contribution in [1.29, 1.82) is 0 Å². The lowest BCUT2D eigenvalue weighted by Gasteiger charge is -2.08. The lowest BCUT2D eigenvalue weighted by atomic mass is 10.0. The molecule has 2 N–H and O–H groups in total. The van der Waals surface area contributed by atoms with Gasteiger partial charge in [0.15, 0.2) is 5.69 Å². The molecule has 0 aliphatic carbocycles. The molecule has 1 heterocycles. The zero-order valence-corrected chi connectivity index (χ0v) is 16.9. The number of hydrogen-bond acceptors (Lipinski definition) is 3. The first-order chi connectivity index (χ1) is 14.3. The van der Waals surface area contributed by atoms with Crippen LogP contribution < -0.4 is 10.6 Å². The summed E-state index contributed by atoms with van der Waals surface area (Å²) in [7, 11) is 0. The van der Waals surface area contributed by atoms with E-state index in [9.17, 15) is 18.4 Å². The summed E-state index contributed by atoms with van der Waals surface area (Å²) in [5.74, 6) is -0.703. The quantitative estimate of drug-likeness (QED) is 0.587. The molecule has 0 atom stereocenters. The molecular formula is C22H24F2N4O2. The minimum absolute atomic E-state index is 0.0426. The molecule has 8 heteroatoms. The Kier molecular flexibility index (Phi) is 6.76. The molecule has 2 amide bonds. The third-order valence-electron chi connectivity index (χ3n) is 4.50. The molecule has 0 bridgehead atoms. The number of amides is 2. The minimum Gasteiger partial charge on any atom is -0.347 e. The van der Waals surface area contributed by atoms with Crippen molar-refractivity contribution in [1.82, 2.24) is 15.1 Å². The Labute approximate surface area is 173 Å². The van der Waals surface area contributed by atoms with Crippen LogP contribution in [-0.2, 0) is 22.6 Å². The first-order valence-corrected chi connectivity index (χ1v) is 9.72. The van der Waals surface area contributed by atoms with E-state index in [1.54, 1.807) is 0 Å². The molecule has 3 aromatic rings. The van der Waals surface area contributed by atoms with E-state index < -0.39 is 18.0 Å². The van der Waals surface area contributed by atoms with E-state index >= 15 is 0 Å². The van der Waals surface area contributed by atoms with E-state index in [1.807, 2.05) is 56.3 Å². The smallest absolute Gasteiger partial charge is 0.284 e. The number of anilines is 1. The van der Waals surface area contributed by atoms with Gasteiger partial charge < -0.3 is 10.6 Å². The Morgan fingerprint density at radius 1 is 1.07 bits per heavy atom. The maximum absolute atomic E-state index is 13.2. The second kappa shape index (κ2) is 9.47. The molecule has 30 heavy (non-hydrogen) atoms. The number of fused-ring (bicyclic) bond motifs is 1. The van der Waals surface area contributed by atoms with Crippen LogP contribution in [0.3, 0.4) is 0 Å². The fourth-order valence-corrected chi connectivity index (χ4v) is 3.22. The van der Waals surface area contributed by atoms with E-state index in [2.05, 4.69) is 15.7 Å². The van der Waals surface area contributed by atoms with Gasteiger partial charge in [-0.2, -0.15) is 5.10 Å². The van der Waals surface area contributed by atoms with Gasteiger partial charge in [0.05, 0.1) is 18.7 Å². The van der Waals surface area contributed by atoms with E-state index in [0.717, 1.165) is 16.3 Å². The highest BCUT2D eigenvalue weighted by Gasteiger charge is 2.20. The maximum atomic E-state index is 13.2. The molecule has 0 aliphatic heterocycles. The summed E-state index contributed by atoms with van der Waals surface area (Å²) in [4.78, 5) is 24.5. The molecule has 0 saturated heterocycles. The molecule has 0 saturated carbocycles. The normalized spacial score (nSPS) is 11.3. The van der Waals surface area contributed by atoms with Crippen LogP contribution in [-0.4, -0.2) is 28.1 Å². The standard InChI is InChI=1S/C22H24F2N4O2/c1-14(2)12-28-13-18(21(27-28)22(23)24)26-20(30)11-25-19(29)10-16-8-5-7-15-6-3-4-9-17(15)16/h3-9,13-14,22H,10-12H2,1-2H3,(H,25,29)(H,26,30). The fourth-order valence-electron chi connectivity index (χ4n) is 3.22. The highest BCUT2D eigenvalue weighted by molar-refractivity contribution is 5.96. The second-order valence-electron chi connectivity index (χ2n) is 7.48. The summed E-state index contributed by atoms with van der Waals surface area (Å²) in [5, 5.41) is 10.8. The SMILES string of the molecule is CC(C)Cn1cc(NC(=O)CNC(=O)Cc2cccc3ccccc23)c(C(F)F)n1. The minimum atomic E-state index is -2.81. The Morgan fingerprint density at radius 2 is 1.80 bits per heavy atom. The predicted octanol–water partition coefficient (Wildman–Crippen LogP) is 3.93. The predicted molar refractivity (Wildman–Crippen MR) is 111 cm³/mol. The fraction of sp³-hybridized carbons (Fsp3) is 0.318. The van der Waals surface area contributed by atoms with Gasteiger partial charge >= 0.3 is 0 Å². The number of alkyl halides is 2. The molecule has 0 radical (unpaired) electrons. The van der Waals surface area contributed by atoms with Crippen molar-refractivity contribution in [3.05, 3.63) is 59.9 Å². The number of nitrogens with zero attached hydrogens (tertiary/aromatic N) is 2. The van der Waals surface area contributed by atoms with Crippen molar-refractivity contribution in [2.24, 2.45) is 5.92 Å². The maximum Gasteiger partial charge on any atom is 0.284 e. The average molecular weight is 414 g/mol. The third-order valence-corrected chi connectivity index (χ3v) is 4.50. The van der Waals surface area contributed by atoms with Crippen LogP contribution in [0.15, 0.2) is 48.7 Å². The molecule has 0 unspecified atom stereocenters. The van der Waals surface area contributed by atoms with E-state index in [4.69, 9.17) is 0 Å². The molecule has 0 fully saturated rings. The summed E-state index contributed by atoms with van der Waals surface area (Å²) in [6.45, 7) is 4.01. The lowest BCUT2D eigenvalue weighted by Crippen LogP contribution is -2.33. The highest BCUT2D eigenvalue weighted by atomic mass is 19.3. The number of halogens is 2. The molecule has 2 aromatic carbocycles. The molecule has 3 rings (SSSR count). The largest absolute Gasteiger partial charge is 0.347 e. The lowest BCUT2D eigenvalue weighted by molar-refractivity contribution is -0.123. The van der Waals surface area contributed by atoms with Crippen LogP contribution in [0.4, 0.5) is 14.5 Å². The Hall–Kier alpha value is -3.29. The van der Waals surface area contributed by atoms with Gasteiger partial charge in [0.2, 0.25) is 11.8 Å². The van der Waals surface area contributed by atoms with Crippen molar-refractivity contribution in [2.75, 3.05) is 11.9 Å². The Bertz CT molecular complexity index is 1040. The summed E-state index contributed by atoms with van der Waals surface area (Å²) >= 11 is 0. The molecule has 158 valence electrons. The second-order valence-corrected chi connectivity index (χ2v) is 7.48. The molecule has 1 aromatic heterocycles. The van der Waals surface area contributed by atoms with E-state index in [1.165, 1.54) is 10.9 Å². The Morgan fingerprint density at radius 3 is 2.53 bits per heavy atom. The van der Waals surface area contributed by atoms with Gasteiger partial charge in [-0.3, -0.25) is 14.3 Å². The van der Waals surface area contributed by atoms with Gasteiger partial charge in [0.1, 0.15) is 0 Å². The first kappa shape index (κ1) is 21.4. The number of aromatic nitrogens is 2. The van der Waals surface area contributed by atoms with Gasteiger partial charge in [-0.05, 0) is 22.3 Å². The number of rotatable bonds is 8. The average Bonchev–Trinajstić information content (AvgIpc) is 3.08. The van der Waals surface area contributed by atoms with Crippen molar-refractivity contribution in [3.63, 3.8) is 0 Å².